The van der Waals surface area contributed by atoms with Gasteiger partial charge in [-0.2, -0.15) is 0 Å². The number of piperidine rings is 1. The number of amides is 1. The van der Waals surface area contributed by atoms with Crippen molar-refractivity contribution in [2.24, 2.45) is 5.92 Å². The first kappa shape index (κ1) is 14.2. The number of carbonyl (C=O) groups excluding carboxylic acids is 1. The second-order valence-electron chi connectivity index (χ2n) is 4.97. The molecule has 1 amide bonds. The van der Waals surface area contributed by atoms with Crippen molar-refractivity contribution >= 4 is 17.7 Å². The van der Waals surface area contributed by atoms with E-state index in [0.717, 1.165) is 37.9 Å². The molecular weight excluding hydrogens is 262 g/mol. The predicted molar refractivity (Wildman–Crippen MR) is 76.3 cm³/mol. The Labute approximate surface area is 119 Å². The van der Waals surface area contributed by atoms with Crippen molar-refractivity contribution in [3.8, 4) is 0 Å². The molecule has 0 spiro atoms. The third-order valence-corrected chi connectivity index (χ3v) is 3.72. The molecule has 0 aromatic heterocycles. The maximum Gasteiger partial charge on any atom is 0.410 e. The summed E-state index contributed by atoms with van der Waals surface area (Å²) in [6.07, 6.45) is 2.98. The molecule has 1 fully saturated rings. The number of carbonyl (C=O) groups is 1. The molecule has 0 saturated carbocycles. The van der Waals surface area contributed by atoms with Gasteiger partial charge in [-0.25, -0.2) is 4.79 Å². The number of halogens is 1. The van der Waals surface area contributed by atoms with Gasteiger partial charge in [-0.15, -0.1) is 11.6 Å². The van der Waals surface area contributed by atoms with E-state index >= 15 is 0 Å². The van der Waals surface area contributed by atoms with Crippen molar-refractivity contribution in [2.45, 2.75) is 25.9 Å². The molecule has 0 bridgehead atoms. The first-order valence-electron chi connectivity index (χ1n) is 6.81. The predicted octanol–water partition coefficient (Wildman–Crippen LogP) is 3.66. The normalized spacial score (nSPS) is 19.2. The van der Waals surface area contributed by atoms with Crippen LogP contribution in [-0.4, -0.2) is 30.0 Å². The summed E-state index contributed by atoms with van der Waals surface area (Å²) >= 11 is 5.77. The van der Waals surface area contributed by atoms with Gasteiger partial charge in [0, 0.05) is 19.0 Å². The average Bonchev–Trinajstić information content (AvgIpc) is 2.46. The number of ether oxygens (including phenoxy) is 1. The summed E-state index contributed by atoms with van der Waals surface area (Å²) < 4.78 is 5.35. The molecule has 1 aliphatic heterocycles. The molecule has 4 heteroatoms. The van der Waals surface area contributed by atoms with E-state index in [2.05, 4.69) is 0 Å². The van der Waals surface area contributed by atoms with Crippen LogP contribution in [0.1, 0.15) is 24.8 Å². The average molecular weight is 282 g/mol. The first-order valence-corrected chi connectivity index (χ1v) is 7.34. The molecule has 1 aliphatic rings. The van der Waals surface area contributed by atoms with Crippen LogP contribution in [0.4, 0.5) is 4.79 Å². The number of nitrogens with zero attached hydrogens (tertiary/aromatic N) is 1. The van der Waals surface area contributed by atoms with Crippen LogP contribution >= 0.6 is 11.6 Å². The molecule has 1 heterocycles. The second-order valence-corrected chi connectivity index (χ2v) is 5.35. The van der Waals surface area contributed by atoms with Gasteiger partial charge in [0.2, 0.25) is 0 Å². The van der Waals surface area contributed by atoms with Crippen molar-refractivity contribution in [3.05, 3.63) is 35.9 Å². The van der Waals surface area contributed by atoms with Gasteiger partial charge in [-0.1, -0.05) is 30.3 Å². The summed E-state index contributed by atoms with van der Waals surface area (Å²) in [5.41, 5.74) is 1.02. The lowest BCUT2D eigenvalue weighted by atomic mass is 9.96. The minimum Gasteiger partial charge on any atom is -0.445 e. The van der Waals surface area contributed by atoms with Crippen molar-refractivity contribution < 1.29 is 9.53 Å². The lowest BCUT2D eigenvalue weighted by Crippen LogP contribution is -2.40. The molecule has 104 valence electrons. The molecule has 0 unspecified atom stereocenters. The van der Waals surface area contributed by atoms with E-state index in [1.165, 1.54) is 0 Å². The third kappa shape index (κ3) is 4.43. The lowest BCUT2D eigenvalue weighted by molar-refractivity contribution is 0.0787. The Hall–Kier alpha value is -1.22. The van der Waals surface area contributed by atoms with Crippen LogP contribution in [0.2, 0.25) is 0 Å². The molecule has 1 saturated heterocycles. The monoisotopic (exact) mass is 281 g/mol. The highest BCUT2D eigenvalue weighted by atomic mass is 35.5. The van der Waals surface area contributed by atoms with Crippen LogP contribution in [0.5, 0.6) is 0 Å². The summed E-state index contributed by atoms with van der Waals surface area (Å²) in [6.45, 7) is 1.92. The highest BCUT2D eigenvalue weighted by Gasteiger charge is 2.24. The quantitative estimate of drug-likeness (QED) is 0.788. The zero-order valence-corrected chi connectivity index (χ0v) is 11.8. The zero-order valence-electron chi connectivity index (χ0n) is 11.1. The maximum atomic E-state index is 12.0. The molecule has 1 aromatic rings. The van der Waals surface area contributed by atoms with Gasteiger partial charge in [0.15, 0.2) is 0 Å². The minimum atomic E-state index is -0.205. The fraction of sp³-hybridized carbons (Fsp3) is 0.533. The van der Waals surface area contributed by atoms with E-state index in [9.17, 15) is 4.79 Å². The van der Waals surface area contributed by atoms with Crippen LogP contribution in [0.3, 0.4) is 0 Å². The number of likely N-dealkylation sites (tertiary alicyclic amines) is 1. The van der Waals surface area contributed by atoms with Gasteiger partial charge in [0.25, 0.3) is 0 Å². The molecule has 0 N–H and O–H groups in total. The van der Waals surface area contributed by atoms with E-state index in [0.29, 0.717) is 18.4 Å². The minimum absolute atomic E-state index is 0.205. The lowest BCUT2D eigenvalue weighted by Gasteiger charge is -2.31. The first-order chi connectivity index (χ1) is 9.29. The zero-order chi connectivity index (χ0) is 13.5. The summed E-state index contributed by atoms with van der Waals surface area (Å²) in [5, 5.41) is 0. The summed E-state index contributed by atoms with van der Waals surface area (Å²) in [6, 6.07) is 9.76. The van der Waals surface area contributed by atoms with Crippen LogP contribution in [0.15, 0.2) is 30.3 Å². The van der Waals surface area contributed by atoms with Crippen LogP contribution in [-0.2, 0) is 11.3 Å². The Morgan fingerprint density at radius 1 is 1.37 bits per heavy atom. The fourth-order valence-electron chi connectivity index (χ4n) is 2.43. The SMILES string of the molecule is O=C(OCc1ccccc1)N1CCC[C@H](CCCl)C1. The Balaban J connectivity index is 1.79. The van der Waals surface area contributed by atoms with Crippen LogP contribution in [0.25, 0.3) is 0 Å². The summed E-state index contributed by atoms with van der Waals surface area (Å²) in [5.74, 6) is 1.19. The molecule has 1 aromatic carbocycles. The molecule has 1 atom stereocenters. The Bertz CT molecular complexity index is 394. The smallest absolute Gasteiger partial charge is 0.410 e. The number of hydrogen-bond acceptors (Lipinski definition) is 2. The fourth-order valence-corrected chi connectivity index (χ4v) is 2.74. The van der Waals surface area contributed by atoms with Gasteiger partial charge in [-0.3, -0.25) is 0 Å². The molecule has 2 rings (SSSR count). The standard InChI is InChI=1S/C15H20ClNO2/c16-9-8-13-7-4-10-17(11-13)15(18)19-12-14-5-2-1-3-6-14/h1-3,5-6,13H,4,7-12H2/t13-/m1/s1. The molecule has 19 heavy (non-hydrogen) atoms. The number of benzene rings is 1. The number of alkyl halides is 1. The van der Waals surface area contributed by atoms with Crippen molar-refractivity contribution in [2.75, 3.05) is 19.0 Å². The van der Waals surface area contributed by atoms with Gasteiger partial charge >= 0.3 is 6.09 Å². The van der Waals surface area contributed by atoms with Gasteiger partial charge in [0.1, 0.15) is 6.61 Å². The number of hydrogen-bond donors (Lipinski definition) is 0. The molecule has 0 aliphatic carbocycles. The van der Waals surface area contributed by atoms with Crippen molar-refractivity contribution in [1.82, 2.24) is 4.90 Å². The van der Waals surface area contributed by atoms with E-state index < -0.39 is 0 Å². The highest BCUT2D eigenvalue weighted by Crippen LogP contribution is 2.20. The highest BCUT2D eigenvalue weighted by molar-refractivity contribution is 6.17. The Morgan fingerprint density at radius 3 is 2.89 bits per heavy atom. The Kier molecular flexibility index (Phi) is 5.52. The van der Waals surface area contributed by atoms with Crippen molar-refractivity contribution in [3.63, 3.8) is 0 Å². The van der Waals surface area contributed by atoms with E-state index in [1.807, 2.05) is 35.2 Å². The third-order valence-electron chi connectivity index (χ3n) is 3.50. The molecule has 3 nitrogen and oxygen atoms in total. The molecular formula is C15H20ClNO2. The van der Waals surface area contributed by atoms with Gasteiger partial charge in [0.05, 0.1) is 0 Å². The second kappa shape index (κ2) is 7.39. The topological polar surface area (TPSA) is 29.5 Å². The Morgan fingerprint density at radius 2 is 2.16 bits per heavy atom. The largest absolute Gasteiger partial charge is 0.445 e. The van der Waals surface area contributed by atoms with E-state index in [-0.39, 0.29) is 6.09 Å². The van der Waals surface area contributed by atoms with Gasteiger partial charge < -0.3 is 9.64 Å². The van der Waals surface area contributed by atoms with E-state index in [1.54, 1.807) is 0 Å². The van der Waals surface area contributed by atoms with E-state index in [4.69, 9.17) is 16.3 Å². The summed E-state index contributed by atoms with van der Waals surface area (Å²) in [4.78, 5) is 13.8. The van der Waals surface area contributed by atoms with Crippen LogP contribution in [0, 0.1) is 5.92 Å². The van der Waals surface area contributed by atoms with Crippen molar-refractivity contribution in [1.29, 1.82) is 0 Å². The maximum absolute atomic E-state index is 12.0. The van der Waals surface area contributed by atoms with Gasteiger partial charge in [-0.05, 0) is 30.7 Å². The molecule has 0 radical (unpaired) electrons. The van der Waals surface area contributed by atoms with Crippen LogP contribution < -0.4 is 0 Å². The number of rotatable bonds is 4. The summed E-state index contributed by atoms with van der Waals surface area (Å²) in [7, 11) is 0.